The second-order valence-electron chi connectivity index (χ2n) is 8.01. The van der Waals surface area contributed by atoms with Gasteiger partial charge in [-0.05, 0) is 68.3 Å². The molecule has 0 spiro atoms. The zero-order chi connectivity index (χ0) is 20.8. The predicted octanol–water partition coefficient (Wildman–Crippen LogP) is 5.17. The van der Waals surface area contributed by atoms with Gasteiger partial charge in [-0.2, -0.15) is 0 Å². The van der Waals surface area contributed by atoms with Crippen LogP contribution in [0.25, 0.3) is 5.69 Å². The van der Waals surface area contributed by atoms with Crippen LogP contribution in [0.5, 0.6) is 5.75 Å². The summed E-state index contributed by atoms with van der Waals surface area (Å²) in [7, 11) is 0. The van der Waals surface area contributed by atoms with E-state index in [9.17, 15) is 5.11 Å². The molecule has 1 N–H and O–H groups in total. The third-order valence-electron chi connectivity index (χ3n) is 6.23. The van der Waals surface area contributed by atoms with Crippen LogP contribution in [0.4, 0.5) is 0 Å². The average Bonchev–Trinajstić information content (AvgIpc) is 3.41. The number of aryl methyl sites for hydroxylation is 1. The Bertz CT molecular complexity index is 1090. The van der Waals surface area contributed by atoms with Crippen LogP contribution in [0, 0.1) is 13.8 Å². The van der Waals surface area contributed by atoms with E-state index < -0.39 is 0 Å². The molecule has 0 aliphatic carbocycles. The van der Waals surface area contributed by atoms with Crippen molar-refractivity contribution in [1.82, 2.24) is 14.5 Å². The molecule has 1 aromatic carbocycles. The lowest BCUT2D eigenvalue weighted by atomic mass is 9.95. The van der Waals surface area contributed by atoms with Crippen LogP contribution in [-0.4, -0.2) is 36.5 Å². The zero-order valence-corrected chi connectivity index (χ0v) is 18.3. The van der Waals surface area contributed by atoms with Gasteiger partial charge in [0.1, 0.15) is 11.8 Å². The van der Waals surface area contributed by atoms with Crippen LogP contribution < -0.4 is 0 Å². The van der Waals surface area contributed by atoms with Gasteiger partial charge in [-0.3, -0.25) is 9.98 Å². The van der Waals surface area contributed by atoms with E-state index >= 15 is 0 Å². The lowest BCUT2D eigenvalue weighted by Gasteiger charge is -2.32. The molecule has 30 heavy (non-hydrogen) atoms. The fourth-order valence-corrected chi connectivity index (χ4v) is 6.11. The molecule has 0 unspecified atom stereocenters. The van der Waals surface area contributed by atoms with Crippen LogP contribution in [0.1, 0.15) is 48.1 Å². The number of aliphatic imine (C=N–C) groups is 1. The van der Waals surface area contributed by atoms with Crippen molar-refractivity contribution in [2.75, 3.05) is 5.75 Å². The number of hydrogen-bond donors (Lipinski definition) is 1. The lowest BCUT2D eigenvalue weighted by molar-refractivity contribution is 0.254. The van der Waals surface area contributed by atoms with E-state index in [2.05, 4.69) is 47.4 Å². The van der Waals surface area contributed by atoms with Crippen LogP contribution in [-0.2, 0) is 0 Å². The quantitative estimate of drug-likeness (QED) is 0.635. The van der Waals surface area contributed by atoms with Crippen LogP contribution in [0.3, 0.4) is 0 Å². The second kappa shape index (κ2) is 7.51. The molecule has 154 valence electrons. The molecular weight excluding hydrogens is 392 g/mol. The third-order valence-corrected chi connectivity index (χ3v) is 7.35. The average molecular weight is 419 g/mol. The van der Waals surface area contributed by atoms with Gasteiger partial charge in [0, 0.05) is 35.1 Å². The van der Waals surface area contributed by atoms with E-state index in [1.54, 1.807) is 12.1 Å². The maximum atomic E-state index is 9.70. The van der Waals surface area contributed by atoms with Crippen LogP contribution >= 0.6 is 11.8 Å². The van der Waals surface area contributed by atoms with Gasteiger partial charge in [0.15, 0.2) is 5.17 Å². The smallest absolute Gasteiger partial charge is 0.160 e. The highest BCUT2D eigenvalue weighted by molar-refractivity contribution is 8.14. The maximum Gasteiger partial charge on any atom is 0.160 e. The molecule has 0 amide bonds. The molecule has 5 nitrogen and oxygen atoms in total. The Morgan fingerprint density at radius 3 is 2.63 bits per heavy atom. The molecule has 5 rings (SSSR count). The van der Waals surface area contributed by atoms with E-state index in [0.29, 0.717) is 6.04 Å². The minimum atomic E-state index is -0.00295. The fourth-order valence-electron chi connectivity index (χ4n) is 4.77. The first-order valence-corrected chi connectivity index (χ1v) is 11.4. The Labute approximate surface area is 181 Å². The summed E-state index contributed by atoms with van der Waals surface area (Å²) in [5.74, 6) is 1.38. The molecule has 0 bridgehead atoms. The Morgan fingerprint density at radius 1 is 1.13 bits per heavy atom. The molecule has 6 heteroatoms. The van der Waals surface area contributed by atoms with E-state index in [4.69, 9.17) is 4.99 Å². The number of benzene rings is 1. The highest BCUT2D eigenvalue weighted by atomic mass is 32.2. The zero-order valence-electron chi connectivity index (χ0n) is 17.5. The molecule has 1 fully saturated rings. The molecule has 3 aromatic rings. The lowest BCUT2D eigenvalue weighted by Crippen LogP contribution is -2.35. The molecular formula is C24H26N4OS. The van der Waals surface area contributed by atoms with Crippen LogP contribution in [0.15, 0.2) is 59.7 Å². The molecule has 2 aliphatic heterocycles. The van der Waals surface area contributed by atoms with Crippen molar-refractivity contribution in [1.29, 1.82) is 0 Å². The first kappa shape index (κ1) is 19.2. The third kappa shape index (κ3) is 3.01. The van der Waals surface area contributed by atoms with Crippen molar-refractivity contribution >= 4 is 16.9 Å². The minimum Gasteiger partial charge on any atom is -0.508 e. The van der Waals surface area contributed by atoms with Crippen molar-refractivity contribution in [3.63, 3.8) is 0 Å². The van der Waals surface area contributed by atoms with Gasteiger partial charge in [0.05, 0.1) is 11.7 Å². The second-order valence-corrected chi connectivity index (χ2v) is 9.00. The topological polar surface area (TPSA) is 53.6 Å². The molecule has 3 atom stereocenters. The van der Waals surface area contributed by atoms with E-state index in [-0.39, 0.29) is 17.8 Å². The standard InChI is InChI=1S/C24H26N4OS/c1-4-17-14-30-24-26-22(21-7-5-6-12-25-21)23(28(17)24)20-13-15(2)27(16(20)3)18-8-10-19(29)11-9-18/h5-13,17,22-23,29H,4,14H2,1-3H3/t17-,22-,23+/m0/s1. The van der Waals surface area contributed by atoms with Gasteiger partial charge in [0.2, 0.25) is 0 Å². The van der Waals surface area contributed by atoms with Gasteiger partial charge >= 0.3 is 0 Å². The SMILES string of the molecule is CC[C@H]1CSC2=N[C@@H](c3ccccn3)[C@@H](c3cc(C)n(-c4ccc(O)cc4)c3C)N21. The van der Waals surface area contributed by atoms with Crippen molar-refractivity contribution in [3.8, 4) is 11.4 Å². The maximum absolute atomic E-state index is 9.70. The van der Waals surface area contributed by atoms with Crippen LogP contribution in [0.2, 0.25) is 0 Å². The predicted molar refractivity (Wildman–Crippen MR) is 122 cm³/mol. The van der Waals surface area contributed by atoms with Crippen molar-refractivity contribution < 1.29 is 5.11 Å². The summed E-state index contributed by atoms with van der Waals surface area (Å²) in [5.41, 5.74) is 5.78. The Kier molecular flexibility index (Phi) is 4.82. The Balaban J connectivity index is 1.63. The summed E-state index contributed by atoms with van der Waals surface area (Å²) in [6.45, 7) is 6.60. The number of aromatic nitrogens is 2. The van der Waals surface area contributed by atoms with Crippen molar-refractivity contribution in [2.45, 2.75) is 45.3 Å². The molecule has 0 saturated carbocycles. The highest BCUT2D eigenvalue weighted by Crippen LogP contribution is 2.49. The number of hydrogen-bond acceptors (Lipinski definition) is 5. The number of aromatic hydroxyl groups is 1. The van der Waals surface area contributed by atoms with E-state index in [0.717, 1.165) is 28.7 Å². The molecule has 1 saturated heterocycles. The van der Waals surface area contributed by atoms with E-state index in [1.165, 1.54) is 17.0 Å². The highest BCUT2D eigenvalue weighted by Gasteiger charge is 2.46. The number of thioether (sulfide) groups is 1. The number of nitrogens with zero attached hydrogens (tertiary/aromatic N) is 4. The summed E-state index contributed by atoms with van der Waals surface area (Å²) >= 11 is 1.87. The first-order valence-electron chi connectivity index (χ1n) is 10.5. The number of pyridine rings is 1. The van der Waals surface area contributed by atoms with Gasteiger partial charge < -0.3 is 14.6 Å². The first-order chi connectivity index (χ1) is 14.6. The Morgan fingerprint density at radius 2 is 1.93 bits per heavy atom. The largest absolute Gasteiger partial charge is 0.508 e. The number of phenolic OH excluding ortho intramolecular Hbond substituents is 1. The Hall–Kier alpha value is -2.73. The molecule has 2 aromatic heterocycles. The minimum absolute atomic E-state index is 0.00295. The van der Waals surface area contributed by atoms with Gasteiger partial charge in [-0.25, -0.2) is 0 Å². The number of fused-ring (bicyclic) bond motifs is 1. The van der Waals surface area contributed by atoms with E-state index in [1.807, 2.05) is 42.2 Å². The van der Waals surface area contributed by atoms with Gasteiger partial charge in [-0.1, -0.05) is 24.8 Å². The van der Waals surface area contributed by atoms with Gasteiger partial charge in [0.25, 0.3) is 0 Å². The summed E-state index contributed by atoms with van der Waals surface area (Å²) in [5, 5.41) is 10.8. The van der Waals surface area contributed by atoms with Crippen molar-refractivity contribution in [3.05, 3.63) is 77.4 Å². The molecule has 0 radical (unpaired) electrons. The van der Waals surface area contributed by atoms with Crippen molar-refractivity contribution in [2.24, 2.45) is 4.99 Å². The summed E-state index contributed by atoms with van der Waals surface area (Å²) < 4.78 is 2.27. The number of rotatable bonds is 4. The summed E-state index contributed by atoms with van der Waals surface area (Å²) in [6.07, 6.45) is 2.97. The molecule has 2 aliphatic rings. The monoisotopic (exact) mass is 418 g/mol. The number of phenols is 1. The summed E-state index contributed by atoms with van der Waals surface area (Å²) in [6, 6.07) is 16.4. The molecule has 4 heterocycles. The van der Waals surface area contributed by atoms with Gasteiger partial charge in [-0.15, -0.1) is 0 Å². The number of amidine groups is 1. The normalized spacial score (nSPS) is 23.0. The summed E-state index contributed by atoms with van der Waals surface area (Å²) in [4.78, 5) is 12.3. The fraction of sp³-hybridized carbons (Fsp3) is 0.333.